The molecule has 0 aliphatic rings. The van der Waals surface area contributed by atoms with Crippen molar-refractivity contribution < 1.29 is 8.78 Å². The van der Waals surface area contributed by atoms with Crippen molar-refractivity contribution in [1.29, 1.82) is 0 Å². The van der Waals surface area contributed by atoms with Crippen LogP contribution in [-0.4, -0.2) is 16.8 Å². The van der Waals surface area contributed by atoms with Crippen LogP contribution in [0.4, 0.5) is 8.78 Å². The predicted octanol–water partition coefficient (Wildman–Crippen LogP) is 2.99. The first-order valence-electron chi connectivity index (χ1n) is 6.82. The second-order valence-corrected chi connectivity index (χ2v) is 4.62. The highest BCUT2D eigenvalue weighted by Gasteiger charge is 2.18. The minimum absolute atomic E-state index is 0.292. The van der Waals surface area contributed by atoms with Crippen LogP contribution < -0.4 is 5.32 Å². The van der Waals surface area contributed by atoms with Crippen molar-refractivity contribution >= 4 is 0 Å². The molecule has 0 fully saturated rings. The van der Waals surface area contributed by atoms with Crippen molar-refractivity contribution in [3.63, 3.8) is 0 Å². The summed E-state index contributed by atoms with van der Waals surface area (Å²) in [5.74, 6) is -1.18. The van der Waals surface area contributed by atoms with E-state index in [0.29, 0.717) is 12.2 Å². The number of aryl methyl sites for hydroxylation is 1. The molecule has 20 heavy (non-hydrogen) atoms. The molecule has 2 rings (SSSR count). The number of nitrogens with zero attached hydrogens (tertiary/aromatic N) is 2. The quantitative estimate of drug-likeness (QED) is 0.912. The molecule has 0 spiro atoms. The third-order valence-corrected chi connectivity index (χ3v) is 3.33. The van der Waals surface area contributed by atoms with E-state index in [1.165, 1.54) is 12.1 Å². The van der Waals surface area contributed by atoms with Crippen LogP contribution in [0.15, 0.2) is 18.2 Å². The maximum absolute atomic E-state index is 14.0. The van der Waals surface area contributed by atoms with Crippen LogP contribution in [0.25, 0.3) is 5.69 Å². The first kappa shape index (κ1) is 14.7. The molecule has 0 radical (unpaired) electrons. The standard InChI is InChI=1S/C15H19F2N3/c1-4-13-11(9-18-3)14(5-2)20(19-13)15-7-6-10(16)8-12(15)17/h6-8,18H,4-5,9H2,1-3H3. The summed E-state index contributed by atoms with van der Waals surface area (Å²) in [4.78, 5) is 0. The monoisotopic (exact) mass is 279 g/mol. The van der Waals surface area contributed by atoms with Gasteiger partial charge in [-0.05, 0) is 32.0 Å². The molecule has 108 valence electrons. The molecule has 1 heterocycles. The Morgan fingerprint density at radius 1 is 1.20 bits per heavy atom. The second kappa shape index (κ2) is 6.13. The van der Waals surface area contributed by atoms with E-state index < -0.39 is 11.6 Å². The summed E-state index contributed by atoms with van der Waals surface area (Å²) in [6, 6.07) is 3.57. The van der Waals surface area contributed by atoms with E-state index >= 15 is 0 Å². The zero-order chi connectivity index (χ0) is 14.7. The zero-order valence-corrected chi connectivity index (χ0v) is 12.0. The first-order valence-corrected chi connectivity index (χ1v) is 6.82. The maximum atomic E-state index is 14.0. The number of nitrogens with one attached hydrogen (secondary N) is 1. The van der Waals surface area contributed by atoms with Gasteiger partial charge in [0.1, 0.15) is 11.5 Å². The van der Waals surface area contributed by atoms with Crippen LogP contribution in [0, 0.1) is 11.6 Å². The van der Waals surface area contributed by atoms with Gasteiger partial charge in [-0.3, -0.25) is 0 Å². The first-order chi connectivity index (χ1) is 9.62. The molecule has 2 aromatic rings. The summed E-state index contributed by atoms with van der Waals surface area (Å²) in [5, 5.41) is 7.61. The Morgan fingerprint density at radius 3 is 2.50 bits per heavy atom. The van der Waals surface area contributed by atoms with E-state index in [9.17, 15) is 8.78 Å². The average molecular weight is 279 g/mol. The molecule has 0 saturated carbocycles. The van der Waals surface area contributed by atoms with Crippen molar-refractivity contribution in [2.75, 3.05) is 7.05 Å². The van der Waals surface area contributed by atoms with Gasteiger partial charge in [0, 0.05) is 23.9 Å². The van der Waals surface area contributed by atoms with E-state index in [1.807, 2.05) is 20.9 Å². The number of rotatable bonds is 5. The van der Waals surface area contributed by atoms with Gasteiger partial charge in [0.15, 0.2) is 5.82 Å². The van der Waals surface area contributed by atoms with E-state index in [1.54, 1.807) is 4.68 Å². The Balaban J connectivity index is 2.61. The highest BCUT2D eigenvalue weighted by molar-refractivity contribution is 5.39. The fourth-order valence-electron chi connectivity index (χ4n) is 2.42. The van der Waals surface area contributed by atoms with Crippen LogP contribution in [0.3, 0.4) is 0 Å². The summed E-state index contributed by atoms with van der Waals surface area (Å²) in [5.41, 5.74) is 3.29. The number of benzene rings is 1. The molecule has 1 aromatic heterocycles. The van der Waals surface area contributed by atoms with E-state index in [4.69, 9.17) is 0 Å². The number of aromatic nitrogens is 2. The van der Waals surface area contributed by atoms with Gasteiger partial charge >= 0.3 is 0 Å². The van der Waals surface area contributed by atoms with Crippen molar-refractivity contribution in [1.82, 2.24) is 15.1 Å². The number of halogens is 2. The molecule has 0 aliphatic carbocycles. The zero-order valence-electron chi connectivity index (χ0n) is 12.0. The fourth-order valence-corrected chi connectivity index (χ4v) is 2.42. The second-order valence-electron chi connectivity index (χ2n) is 4.62. The molecule has 0 unspecified atom stereocenters. The van der Waals surface area contributed by atoms with Crippen molar-refractivity contribution in [3.05, 3.63) is 46.8 Å². The Morgan fingerprint density at radius 2 is 1.95 bits per heavy atom. The predicted molar refractivity (Wildman–Crippen MR) is 75.0 cm³/mol. The number of hydrogen-bond acceptors (Lipinski definition) is 2. The van der Waals surface area contributed by atoms with Crippen molar-refractivity contribution in [3.8, 4) is 5.69 Å². The molecular weight excluding hydrogens is 260 g/mol. The lowest BCUT2D eigenvalue weighted by Crippen LogP contribution is -2.10. The number of hydrogen-bond donors (Lipinski definition) is 1. The van der Waals surface area contributed by atoms with E-state index in [2.05, 4.69) is 10.4 Å². The molecule has 1 N–H and O–H groups in total. The average Bonchev–Trinajstić information content (AvgIpc) is 2.77. The Kier molecular flexibility index (Phi) is 4.49. The fraction of sp³-hybridized carbons (Fsp3) is 0.400. The third kappa shape index (κ3) is 2.58. The summed E-state index contributed by atoms with van der Waals surface area (Å²) < 4.78 is 28.6. The summed E-state index contributed by atoms with van der Waals surface area (Å²) >= 11 is 0. The van der Waals surface area contributed by atoms with Gasteiger partial charge in [-0.1, -0.05) is 13.8 Å². The largest absolute Gasteiger partial charge is 0.316 e. The van der Waals surface area contributed by atoms with Crippen molar-refractivity contribution in [2.24, 2.45) is 0 Å². The molecule has 0 aliphatic heterocycles. The molecule has 1 aromatic carbocycles. The molecule has 3 nitrogen and oxygen atoms in total. The highest BCUT2D eigenvalue weighted by Crippen LogP contribution is 2.22. The summed E-state index contributed by atoms with van der Waals surface area (Å²) in [7, 11) is 1.87. The lowest BCUT2D eigenvalue weighted by Gasteiger charge is -2.09. The maximum Gasteiger partial charge on any atom is 0.151 e. The molecule has 5 heteroatoms. The van der Waals surface area contributed by atoms with Gasteiger partial charge in [-0.15, -0.1) is 0 Å². The van der Waals surface area contributed by atoms with E-state index in [-0.39, 0.29) is 0 Å². The summed E-state index contributed by atoms with van der Waals surface area (Å²) in [6.07, 6.45) is 1.51. The molecule has 0 amide bonds. The van der Waals surface area contributed by atoms with Gasteiger partial charge in [0.25, 0.3) is 0 Å². The Bertz CT molecular complexity index is 605. The topological polar surface area (TPSA) is 29.9 Å². The van der Waals surface area contributed by atoms with Crippen LogP contribution in [0.5, 0.6) is 0 Å². The molecule has 0 saturated heterocycles. The van der Waals surface area contributed by atoms with E-state index in [0.717, 1.165) is 35.9 Å². The lowest BCUT2D eigenvalue weighted by molar-refractivity contribution is 0.571. The van der Waals surface area contributed by atoms with Gasteiger partial charge in [-0.2, -0.15) is 5.10 Å². The van der Waals surface area contributed by atoms with Gasteiger partial charge in [0.05, 0.1) is 5.69 Å². The van der Waals surface area contributed by atoms with Crippen molar-refractivity contribution in [2.45, 2.75) is 33.2 Å². The normalized spacial score (nSPS) is 11.1. The third-order valence-electron chi connectivity index (χ3n) is 3.33. The van der Waals surface area contributed by atoms with Crippen LogP contribution in [-0.2, 0) is 19.4 Å². The van der Waals surface area contributed by atoms with Gasteiger partial charge < -0.3 is 5.32 Å². The van der Waals surface area contributed by atoms with Crippen LogP contribution in [0.1, 0.15) is 30.8 Å². The molecule has 0 atom stereocenters. The lowest BCUT2D eigenvalue weighted by atomic mass is 10.1. The minimum atomic E-state index is -0.596. The Hall–Kier alpha value is -1.75. The van der Waals surface area contributed by atoms with Gasteiger partial charge in [0.2, 0.25) is 0 Å². The Labute approximate surface area is 117 Å². The van der Waals surface area contributed by atoms with Crippen LogP contribution in [0.2, 0.25) is 0 Å². The molecule has 0 bridgehead atoms. The highest BCUT2D eigenvalue weighted by atomic mass is 19.1. The minimum Gasteiger partial charge on any atom is -0.316 e. The molecular formula is C15H19F2N3. The SMILES string of the molecule is CCc1nn(-c2ccc(F)cc2F)c(CC)c1CNC. The van der Waals surface area contributed by atoms with Gasteiger partial charge in [-0.25, -0.2) is 13.5 Å². The summed E-state index contributed by atoms with van der Waals surface area (Å²) in [6.45, 7) is 4.72. The van der Waals surface area contributed by atoms with Crippen LogP contribution >= 0.6 is 0 Å². The smallest absolute Gasteiger partial charge is 0.151 e.